The van der Waals surface area contributed by atoms with Crippen molar-refractivity contribution in [2.75, 3.05) is 44.7 Å². The second-order valence-corrected chi connectivity index (χ2v) is 7.96. The smallest absolute Gasteiger partial charge is 0.229 e. The van der Waals surface area contributed by atoms with Crippen LogP contribution in [-0.4, -0.2) is 70.1 Å². The van der Waals surface area contributed by atoms with Gasteiger partial charge in [-0.2, -0.15) is 9.97 Å². The number of ether oxygens (including phenoxy) is 3. The Balaban J connectivity index is 1.47. The molecule has 4 aromatic rings. The van der Waals surface area contributed by atoms with Crippen molar-refractivity contribution in [2.24, 2.45) is 0 Å². The van der Waals surface area contributed by atoms with Gasteiger partial charge < -0.3 is 39.1 Å². The molecular weight excluding hydrogens is 438 g/mol. The number of hydrogen-bond donors (Lipinski definition) is 3. The maximum Gasteiger partial charge on any atom is 0.229 e. The number of aliphatic hydroxyl groups excluding tert-OH is 1. The minimum absolute atomic E-state index is 0.0273. The molecule has 1 aliphatic rings. The molecule has 1 fully saturated rings. The Labute approximate surface area is 196 Å². The fourth-order valence-corrected chi connectivity index (χ4v) is 4.31. The summed E-state index contributed by atoms with van der Waals surface area (Å²) >= 11 is 0. The molecule has 5 rings (SSSR count). The van der Waals surface area contributed by atoms with E-state index in [1.807, 2.05) is 35.2 Å². The van der Waals surface area contributed by atoms with Crippen LogP contribution in [-0.2, 0) is 0 Å². The second-order valence-electron chi connectivity index (χ2n) is 7.96. The van der Waals surface area contributed by atoms with E-state index in [1.54, 1.807) is 27.7 Å². The lowest BCUT2D eigenvalue weighted by Gasteiger charge is -2.23. The Morgan fingerprint density at radius 2 is 1.94 bits per heavy atom. The molecule has 0 unspecified atom stereocenters. The number of imidazole rings is 1. The van der Waals surface area contributed by atoms with Crippen molar-refractivity contribution >= 4 is 28.6 Å². The maximum atomic E-state index is 9.74. The van der Waals surface area contributed by atoms with E-state index in [4.69, 9.17) is 19.2 Å². The minimum Gasteiger partial charge on any atom is -0.493 e. The van der Waals surface area contributed by atoms with Crippen LogP contribution in [0.15, 0.2) is 36.9 Å². The zero-order valence-electron chi connectivity index (χ0n) is 19.3. The quantitative estimate of drug-likeness (QED) is 0.360. The van der Waals surface area contributed by atoms with Gasteiger partial charge in [0.1, 0.15) is 23.6 Å². The molecule has 0 amide bonds. The highest BCUT2D eigenvalue weighted by atomic mass is 16.5. The topological polar surface area (TPSA) is 123 Å². The van der Waals surface area contributed by atoms with Crippen molar-refractivity contribution < 1.29 is 19.3 Å². The molecule has 3 N–H and O–H groups in total. The lowest BCUT2D eigenvalue weighted by Crippen LogP contribution is -2.33. The predicted molar refractivity (Wildman–Crippen MR) is 128 cm³/mol. The van der Waals surface area contributed by atoms with Gasteiger partial charge in [-0.05, 0) is 18.9 Å². The summed E-state index contributed by atoms with van der Waals surface area (Å²) in [5.41, 5.74) is 1.52. The molecule has 34 heavy (non-hydrogen) atoms. The lowest BCUT2D eigenvalue weighted by atomic mass is 10.2. The van der Waals surface area contributed by atoms with Crippen LogP contribution in [0, 0.1) is 0 Å². The first kappa shape index (κ1) is 21.8. The standard InChI is InChI=1S/C23H27N7O4/c1-32-17-9-15(10-18(33-2)20(17)34-3)29-11-19(25-13-29)26-22-16-6-7-24-21(16)27-23(28-22)30-8-4-5-14(30)12-31/h6-7,9-11,13-14,31H,4-5,8,12H2,1-3H3,(H2,24,26,27,28)/t14-/m0/s1. The van der Waals surface area contributed by atoms with E-state index in [0.717, 1.165) is 36.1 Å². The zero-order valence-corrected chi connectivity index (χ0v) is 19.3. The highest BCUT2D eigenvalue weighted by Gasteiger charge is 2.27. The summed E-state index contributed by atoms with van der Waals surface area (Å²) in [4.78, 5) is 19.2. The molecule has 0 bridgehead atoms. The molecule has 0 spiro atoms. The molecule has 1 atom stereocenters. The molecule has 3 aromatic heterocycles. The van der Waals surface area contributed by atoms with Crippen molar-refractivity contribution in [3.05, 3.63) is 36.9 Å². The average Bonchev–Trinajstić information content (AvgIpc) is 3.63. The molecule has 1 saturated heterocycles. The fraction of sp³-hybridized carbons (Fsp3) is 0.348. The molecule has 0 aliphatic carbocycles. The van der Waals surface area contributed by atoms with Gasteiger partial charge in [-0.15, -0.1) is 0 Å². The first-order valence-electron chi connectivity index (χ1n) is 11.0. The Hall–Kier alpha value is -3.99. The van der Waals surface area contributed by atoms with E-state index in [-0.39, 0.29) is 12.6 Å². The predicted octanol–water partition coefficient (Wildman–Crippen LogP) is 2.87. The van der Waals surface area contributed by atoms with Crippen LogP contribution in [0.4, 0.5) is 17.6 Å². The number of anilines is 3. The molecule has 178 valence electrons. The van der Waals surface area contributed by atoms with Crippen LogP contribution in [0.3, 0.4) is 0 Å². The van der Waals surface area contributed by atoms with Gasteiger partial charge in [-0.1, -0.05) is 0 Å². The van der Waals surface area contributed by atoms with Crippen LogP contribution in [0.2, 0.25) is 0 Å². The minimum atomic E-state index is 0.0273. The summed E-state index contributed by atoms with van der Waals surface area (Å²) < 4.78 is 18.2. The third-order valence-electron chi connectivity index (χ3n) is 6.03. The largest absolute Gasteiger partial charge is 0.493 e. The van der Waals surface area contributed by atoms with Crippen LogP contribution in [0.1, 0.15) is 12.8 Å². The van der Waals surface area contributed by atoms with Gasteiger partial charge in [0, 0.05) is 24.9 Å². The first-order valence-corrected chi connectivity index (χ1v) is 11.0. The number of fused-ring (bicyclic) bond motifs is 1. The van der Waals surface area contributed by atoms with Crippen LogP contribution < -0.4 is 24.4 Å². The van der Waals surface area contributed by atoms with Crippen LogP contribution >= 0.6 is 0 Å². The Bertz CT molecular complexity index is 1280. The monoisotopic (exact) mass is 465 g/mol. The second kappa shape index (κ2) is 9.10. The number of nitrogens with one attached hydrogen (secondary N) is 2. The summed E-state index contributed by atoms with van der Waals surface area (Å²) in [5.74, 6) is 3.47. The molecule has 0 saturated carbocycles. The highest BCUT2D eigenvalue weighted by Crippen LogP contribution is 2.39. The van der Waals surface area contributed by atoms with Crippen molar-refractivity contribution in [2.45, 2.75) is 18.9 Å². The number of methoxy groups -OCH3 is 3. The molecule has 1 aliphatic heterocycles. The summed E-state index contributed by atoms with van der Waals surface area (Å²) in [6.45, 7) is 0.890. The van der Waals surface area contributed by atoms with Gasteiger partial charge in [0.05, 0.1) is 51.2 Å². The summed E-state index contributed by atoms with van der Waals surface area (Å²) in [6.07, 6.45) is 7.30. The number of nitrogens with zero attached hydrogens (tertiary/aromatic N) is 5. The van der Waals surface area contributed by atoms with Gasteiger partial charge in [0.15, 0.2) is 11.5 Å². The van der Waals surface area contributed by atoms with E-state index in [9.17, 15) is 5.11 Å². The maximum absolute atomic E-state index is 9.74. The zero-order chi connectivity index (χ0) is 23.7. The van der Waals surface area contributed by atoms with Gasteiger partial charge in [-0.3, -0.25) is 0 Å². The summed E-state index contributed by atoms with van der Waals surface area (Å²) in [5, 5.41) is 13.9. The van der Waals surface area contributed by atoms with E-state index in [0.29, 0.717) is 34.8 Å². The summed E-state index contributed by atoms with van der Waals surface area (Å²) in [7, 11) is 4.74. The SMILES string of the molecule is COc1cc(-n2cnc(Nc3nc(N4CCC[C@H]4CO)nc4[nH]ccc34)c2)cc(OC)c1OC. The van der Waals surface area contributed by atoms with Gasteiger partial charge in [-0.25, -0.2) is 4.98 Å². The average molecular weight is 466 g/mol. The normalized spacial score (nSPS) is 15.6. The Morgan fingerprint density at radius 3 is 2.65 bits per heavy atom. The molecule has 4 heterocycles. The van der Waals surface area contributed by atoms with Gasteiger partial charge in [0.25, 0.3) is 0 Å². The third-order valence-corrected chi connectivity index (χ3v) is 6.03. The Morgan fingerprint density at radius 1 is 1.15 bits per heavy atom. The lowest BCUT2D eigenvalue weighted by molar-refractivity contribution is 0.265. The molecule has 11 nitrogen and oxygen atoms in total. The van der Waals surface area contributed by atoms with Crippen molar-refractivity contribution in [3.8, 4) is 22.9 Å². The molecule has 1 aromatic carbocycles. The van der Waals surface area contributed by atoms with Gasteiger partial charge in [0.2, 0.25) is 11.7 Å². The number of rotatable bonds is 8. The van der Waals surface area contributed by atoms with Crippen molar-refractivity contribution in [3.63, 3.8) is 0 Å². The fourth-order valence-electron chi connectivity index (χ4n) is 4.31. The van der Waals surface area contributed by atoms with E-state index < -0.39 is 0 Å². The summed E-state index contributed by atoms with van der Waals surface area (Å²) in [6, 6.07) is 5.65. The van der Waals surface area contributed by atoms with E-state index >= 15 is 0 Å². The number of H-pyrrole nitrogens is 1. The highest BCUT2D eigenvalue weighted by molar-refractivity contribution is 5.89. The third kappa shape index (κ3) is 3.83. The number of aromatic amines is 1. The van der Waals surface area contributed by atoms with E-state index in [2.05, 4.69) is 25.2 Å². The van der Waals surface area contributed by atoms with Crippen molar-refractivity contribution in [1.82, 2.24) is 24.5 Å². The number of aliphatic hydroxyl groups is 1. The first-order chi connectivity index (χ1) is 16.6. The van der Waals surface area contributed by atoms with Gasteiger partial charge >= 0.3 is 0 Å². The van der Waals surface area contributed by atoms with E-state index in [1.165, 1.54) is 0 Å². The molecule has 11 heteroatoms. The molecule has 0 radical (unpaired) electrons. The number of aromatic nitrogens is 5. The Kier molecular flexibility index (Phi) is 5.84. The van der Waals surface area contributed by atoms with Crippen molar-refractivity contribution in [1.29, 1.82) is 0 Å². The van der Waals surface area contributed by atoms with Crippen LogP contribution in [0.25, 0.3) is 16.7 Å². The molecular formula is C23H27N7O4. The number of hydrogen-bond acceptors (Lipinski definition) is 9. The number of benzene rings is 1. The van der Waals surface area contributed by atoms with Crippen LogP contribution in [0.5, 0.6) is 17.2 Å².